The van der Waals surface area contributed by atoms with E-state index >= 15 is 0 Å². The van der Waals surface area contributed by atoms with Crippen LogP contribution in [0.4, 0.5) is 11.6 Å². The lowest BCUT2D eigenvalue weighted by Gasteiger charge is -2.14. The molecule has 2 aromatic heterocycles. The number of nitro groups is 1. The number of rotatable bonds is 7. The number of nitrogens with two attached hydrogens (primary N) is 1. The number of carbonyl (C=O) groups excluding carboxylic acids is 1. The molecular weight excluding hydrogens is 360 g/mol. The number of ketones is 1. The van der Waals surface area contributed by atoms with Gasteiger partial charge in [-0.1, -0.05) is 18.2 Å². The number of anilines is 1. The fourth-order valence-corrected chi connectivity index (χ4v) is 4.08. The third-order valence-electron chi connectivity index (χ3n) is 3.46. The van der Waals surface area contributed by atoms with Crippen LogP contribution in [-0.4, -0.2) is 10.7 Å². The molecule has 1 atom stereocenters. The number of hydrogen-bond acceptors (Lipinski definition) is 7. The van der Waals surface area contributed by atoms with Crippen LogP contribution in [0.15, 0.2) is 63.2 Å². The minimum Gasteiger partial charge on any atom is -0.405 e. The van der Waals surface area contributed by atoms with Crippen LogP contribution in [0.1, 0.15) is 27.1 Å². The topological polar surface area (TPSA) is 99.4 Å². The molecule has 0 saturated heterocycles. The highest BCUT2D eigenvalue weighted by molar-refractivity contribution is 7.99. The first-order valence-corrected chi connectivity index (χ1v) is 9.12. The third kappa shape index (κ3) is 4.09. The summed E-state index contributed by atoms with van der Waals surface area (Å²) in [5.41, 5.74) is 6.57. The number of thioether (sulfide) groups is 1. The number of benzene rings is 1. The fourth-order valence-electron chi connectivity index (χ4n) is 2.26. The number of furan rings is 1. The Morgan fingerprint density at radius 2 is 2.04 bits per heavy atom. The van der Waals surface area contributed by atoms with Crippen molar-refractivity contribution in [1.82, 2.24) is 0 Å². The Hall–Kier alpha value is -2.58. The van der Waals surface area contributed by atoms with Gasteiger partial charge < -0.3 is 10.2 Å². The van der Waals surface area contributed by atoms with E-state index in [4.69, 9.17) is 10.2 Å². The largest absolute Gasteiger partial charge is 0.433 e. The normalized spacial score (nSPS) is 12.0. The van der Waals surface area contributed by atoms with Gasteiger partial charge in [-0.05, 0) is 29.6 Å². The van der Waals surface area contributed by atoms with Gasteiger partial charge in [-0.25, -0.2) is 0 Å². The second kappa shape index (κ2) is 7.54. The predicted octanol–water partition coefficient (Wildman–Crippen LogP) is 4.94. The summed E-state index contributed by atoms with van der Waals surface area (Å²) in [6.07, 6.45) is 0.157. The second-order valence-electron chi connectivity index (χ2n) is 5.18. The summed E-state index contributed by atoms with van der Waals surface area (Å²) in [6, 6.07) is 13.7. The summed E-state index contributed by atoms with van der Waals surface area (Å²) in [4.78, 5) is 24.2. The molecule has 2 N–H and O–H groups in total. The average molecular weight is 374 g/mol. The van der Waals surface area contributed by atoms with Crippen molar-refractivity contribution < 1.29 is 14.1 Å². The Kier molecular flexibility index (Phi) is 5.20. The average Bonchev–Trinajstić information content (AvgIpc) is 3.28. The van der Waals surface area contributed by atoms with Gasteiger partial charge in [-0.15, -0.1) is 23.1 Å². The van der Waals surface area contributed by atoms with E-state index in [1.165, 1.54) is 35.2 Å². The smallest absolute Gasteiger partial charge is 0.405 e. The SMILES string of the molecule is Nc1ccccc1SC(CC(=O)c1cccs1)c1ccc([N+](=O)[O-])o1. The molecule has 25 heavy (non-hydrogen) atoms. The van der Waals surface area contributed by atoms with Gasteiger partial charge in [0.05, 0.1) is 16.2 Å². The first kappa shape index (κ1) is 17.2. The first-order valence-electron chi connectivity index (χ1n) is 7.36. The Balaban J connectivity index is 1.88. The van der Waals surface area contributed by atoms with E-state index in [1.807, 2.05) is 29.6 Å². The molecular formula is C17H14N2O4S2. The minimum absolute atomic E-state index is 0.0407. The maximum atomic E-state index is 12.5. The van der Waals surface area contributed by atoms with Crippen molar-refractivity contribution >= 4 is 40.5 Å². The zero-order valence-electron chi connectivity index (χ0n) is 13.0. The van der Waals surface area contributed by atoms with Crippen LogP contribution < -0.4 is 5.73 Å². The van der Waals surface area contributed by atoms with Crippen LogP contribution in [0.25, 0.3) is 0 Å². The van der Waals surface area contributed by atoms with Crippen molar-refractivity contribution in [1.29, 1.82) is 0 Å². The van der Waals surface area contributed by atoms with Crippen molar-refractivity contribution in [2.45, 2.75) is 16.6 Å². The summed E-state index contributed by atoms with van der Waals surface area (Å²) in [6.45, 7) is 0. The molecule has 0 radical (unpaired) electrons. The Labute approximate surface area is 151 Å². The molecule has 2 heterocycles. The van der Waals surface area contributed by atoms with Gasteiger partial charge in [0.2, 0.25) is 0 Å². The molecule has 0 aliphatic carbocycles. The molecule has 3 aromatic rings. The van der Waals surface area contributed by atoms with Crippen LogP contribution in [-0.2, 0) is 0 Å². The Bertz CT molecular complexity index is 890. The van der Waals surface area contributed by atoms with Gasteiger partial charge in [-0.2, -0.15) is 0 Å². The van der Waals surface area contributed by atoms with Crippen molar-refractivity contribution in [3.05, 3.63) is 74.7 Å². The Morgan fingerprint density at radius 1 is 1.24 bits per heavy atom. The van der Waals surface area contributed by atoms with E-state index in [2.05, 4.69) is 0 Å². The molecule has 0 fully saturated rings. The zero-order chi connectivity index (χ0) is 17.8. The maximum Gasteiger partial charge on any atom is 0.433 e. The molecule has 0 spiro atoms. The summed E-state index contributed by atoms with van der Waals surface area (Å²) in [7, 11) is 0. The van der Waals surface area contributed by atoms with Crippen molar-refractivity contribution in [3.63, 3.8) is 0 Å². The van der Waals surface area contributed by atoms with Gasteiger partial charge >= 0.3 is 5.88 Å². The molecule has 3 rings (SSSR count). The van der Waals surface area contributed by atoms with E-state index in [0.29, 0.717) is 16.3 Å². The zero-order valence-corrected chi connectivity index (χ0v) is 14.6. The summed E-state index contributed by atoms with van der Waals surface area (Å²) in [5.74, 6) is -0.00359. The molecule has 0 saturated carbocycles. The van der Waals surface area contributed by atoms with Crippen LogP contribution in [0.2, 0.25) is 0 Å². The molecule has 1 aromatic carbocycles. The quantitative estimate of drug-likeness (QED) is 0.207. The van der Waals surface area contributed by atoms with Crippen LogP contribution >= 0.6 is 23.1 Å². The molecule has 0 aliphatic rings. The molecule has 0 bridgehead atoms. The molecule has 0 amide bonds. The number of Topliss-reactive ketones (excluding diaryl/α,β-unsaturated/α-hetero) is 1. The lowest BCUT2D eigenvalue weighted by molar-refractivity contribution is -0.402. The summed E-state index contributed by atoms with van der Waals surface area (Å²) < 4.78 is 5.33. The number of thiophene rings is 1. The third-order valence-corrected chi connectivity index (χ3v) is 5.69. The fraction of sp³-hybridized carbons (Fsp3) is 0.118. The first-order chi connectivity index (χ1) is 12.0. The lowest BCUT2D eigenvalue weighted by Crippen LogP contribution is -2.04. The molecule has 0 aliphatic heterocycles. The molecule has 6 nitrogen and oxygen atoms in total. The standard InChI is InChI=1S/C17H14N2O4S2/c18-11-4-1-2-5-14(11)25-16(10-12(20)15-6-3-9-24-15)13-7-8-17(23-13)19(21)22/h1-9,16H,10,18H2. The highest BCUT2D eigenvalue weighted by atomic mass is 32.2. The van der Waals surface area contributed by atoms with Crippen molar-refractivity contribution in [2.24, 2.45) is 0 Å². The van der Waals surface area contributed by atoms with Crippen LogP contribution in [0, 0.1) is 10.1 Å². The highest BCUT2D eigenvalue weighted by Gasteiger charge is 2.25. The van der Waals surface area contributed by atoms with Gasteiger partial charge in [0.25, 0.3) is 0 Å². The van der Waals surface area contributed by atoms with E-state index in [-0.39, 0.29) is 18.1 Å². The van der Waals surface area contributed by atoms with Crippen molar-refractivity contribution in [2.75, 3.05) is 5.73 Å². The van der Waals surface area contributed by atoms with Gasteiger partial charge in [0.1, 0.15) is 10.7 Å². The summed E-state index contributed by atoms with van der Waals surface area (Å²) in [5, 5.41) is 12.3. The van der Waals surface area contributed by atoms with Gasteiger partial charge in [-0.3, -0.25) is 14.9 Å². The lowest BCUT2D eigenvalue weighted by atomic mass is 10.1. The number of carbonyl (C=O) groups is 1. The number of para-hydroxylation sites is 1. The molecule has 1 unspecified atom stereocenters. The van der Waals surface area contributed by atoms with E-state index in [0.717, 1.165) is 4.90 Å². The van der Waals surface area contributed by atoms with Gasteiger partial charge in [0, 0.05) is 17.0 Å². The van der Waals surface area contributed by atoms with Crippen molar-refractivity contribution in [3.8, 4) is 0 Å². The highest BCUT2D eigenvalue weighted by Crippen LogP contribution is 2.42. The number of nitrogen functional groups attached to an aromatic ring is 1. The second-order valence-corrected chi connectivity index (χ2v) is 7.37. The van der Waals surface area contributed by atoms with E-state index in [1.54, 1.807) is 12.1 Å². The molecule has 128 valence electrons. The molecule has 8 heteroatoms. The van der Waals surface area contributed by atoms with E-state index < -0.39 is 10.2 Å². The number of nitrogens with zero attached hydrogens (tertiary/aromatic N) is 1. The predicted molar refractivity (Wildman–Crippen MR) is 98.1 cm³/mol. The van der Waals surface area contributed by atoms with Gasteiger partial charge in [0.15, 0.2) is 5.78 Å². The summed E-state index contributed by atoms with van der Waals surface area (Å²) >= 11 is 2.73. The Morgan fingerprint density at radius 3 is 2.68 bits per heavy atom. The minimum atomic E-state index is -0.594. The van der Waals surface area contributed by atoms with E-state index in [9.17, 15) is 14.9 Å². The maximum absolute atomic E-state index is 12.5. The number of hydrogen-bond donors (Lipinski definition) is 1. The van der Waals surface area contributed by atoms with Crippen LogP contribution in [0.3, 0.4) is 0 Å². The monoisotopic (exact) mass is 374 g/mol. The van der Waals surface area contributed by atoms with Crippen LogP contribution in [0.5, 0.6) is 0 Å².